The van der Waals surface area contributed by atoms with E-state index < -0.39 is 0 Å². The number of hydrogen-bond acceptors (Lipinski definition) is 3. The normalized spacial score (nSPS) is 15.4. The van der Waals surface area contributed by atoms with Crippen molar-refractivity contribution < 1.29 is 4.79 Å². The van der Waals surface area contributed by atoms with Gasteiger partial charge in [0.25, 0.3) is 0 Å². The lowest BCUT2D eigenvalue weighted by atomic mass is 10.2. The summed E-state index contributed by atoms with van der Waals surface area (Å²) in [4.78, 5) is 18.4. The van der Waals surface area contributed by atoms with E-state index in [2.05, 4.69) is 23.8 Å². The van der Waals surface area contributed by atoms with Crippen molar-refractivity contribution in [2.24, 2.45) is 0 Å². The summed E-state index contributed by atoms with van der Waals surface area (Å²) < 4.78 is 0. The van der Waals surface area contributed by atoms with Crippen LogP contribution in [0.5, 0.6) is 0 Å². The van der Waals surface area contributed by atoms with Crippen LogP contribution in [0.4, 0.5) is 0 Å². The monoisotopic (exact) mass is 301 g/mol. The second-order valence-electron chi connectivity index (χ2n) is 5.06. The highest BCUT2D eigenvalue weighted by molar-refractivity contribution is 5.75. The van der Waals surface area contributed by atoms with Gasteiger partial charge in [-0.25, -0.2) is 0 Å². The second-order valence-corrected chi connectivity index (χ2v) is 5.06. The third-order valence-electron chi connectivity index (χ3n) is 3.52. The summed E-state index contributed by atoms with van der Waals surface area (Å²) >= 11 is 0. The molecule has 1 fully saturated rings. The molecule has 0 aromatic heterocycles. The molecule has 21 heavy (non-hydrogen) atoms. The number of likely N-dealkylation sites (N-methyl/N-ethyl adjacent to an activating group) is 2. The first kappa shape index (κ1) is 22.7. The van der Waals surface area contributed by atoms with Crippen LogP contribution in [0.25, 0.3) is 0 Å². The molecule has 128 valence electrons. The summed E-state index contributed by atoms with van der Waals surface area (Å²) in [6, 6.07) is 0. The minimum Gasteiger partial charge on any atom is -0.344 e. The van der Waals surface area contributed by atoms with Crippen molar-refractivity contribution in [3.63, 3.8) is 0 Å². The molecule has 0 radical (unpaired) electrons. The molecule has 4 heteroatoms. The number of amides is 1. The molecule has 1 aliphatic rings. The largest absolute Gasteiger partial charge is 0.344 e. The number of rotatable bonds is 6. The number of nitrogens with zero attached hydrogens (tertiary/aromatic N) is 3. The van der Waals surface area contributed by atoms with Gasteiger partial charge in [0.2, 0.25) is 5.91 Å². The summed E-state index contributed by atoms with van der Waals surface area (Å²) in [6.07, 6.45) is 2.81. The van der Waals surface area contributed by atoms with E-state index in [-0.39, 0.29) is 0 Å². The molecule has 4 nitrogen and oxygen atoms in total. The lowest BCUT2D eigenvalue weighted by Crippen LogP contribution is -2.47. The van der Waals surface area contributed by atoms with Gasteiger partial charge in [0.1, 0.15) is 0 Å². The van der Waals surface area contributed by atoms with Gasteiger partial charge >= 0.3 is 0 Å². The lowest BCUT2D eigenvalue weighted by Gasteiger charge is -2.33. The number of carbonyl (C=O) groups is 1. The quantitative estimate of drug-likeness (QED) is 0.755. The zero-order valence-electron chi connectivity index (χ0n) is 15.6. The molecule has 0 atom stereocenters. The van der Waals surface area contributed by atoms with E-state index in [9.17, 15) is 4.79 Å². The van der Waals surface area contributed by atoms with Gasteiger partial charge in [-0.2, -0.15) is 0 Å². The van der Waals surface area contributed by atoms with Crippen molar-refractivity contribution in [1.29, 1.82) is 0 Å². The average molecular weight is 302 g/mol. The molecular weight excluding hydrogens is 262 g/mol. The number of unbranched alkanes of at least 4 members (excludes halogenated alkanes) is 1. The van der Waals surface area contributed by atoms with Crippen molar-refractivity contribution in [1.82, 2.24) is 14.7 Å². The van der Waals surface area contributed by atoms with Crippen LogP contribution in [0.1, 0.15) is 53.9 Å². The van der Waals surface area contributed by atoms with Gasteiger partial charge in [0.05, 0.1) is 0 Å². The topological polar surface area (TPSA) is 26.8 Å². The van der Waals surface area contributed by atoms with Crippen LogP contribution in [0.3, 0.4) is 0 Å². The van der Waals surface area contributed by atoms with Crippen molar-refractivity contribution >= 4 is 5.91 Å². The first-order chi connectivity index (χ1) is 10.1. The lowest BCUT2D eigenvalue weighted by molar-refractivity contribution is -0.130. The fraction of sp³-hybridized carbons (Fsp3) is 0.941. The first-order valence-electron chi connectivity index (χ1n) is 8.78. The van der Waals surface area contributed by atoms with Gasteiger partial charge in [0.15, 0.2) is 0 Å². The summed E-state index contributed by atoms with van der Waals surface area (Å²) in [5.41, 5.74) is 0. The molecule has 1 aliphatic heterocycles. The molecule has 0 saturated carbocycles. The number of hydrogen-bond donors (Lipinski definition) is 0. The molecule has 0 aliphatic carbocycles. The maximum absolute atomic E-state index is 11.7. The van der Waals surface area contributed by atoms with E-state index in [0.717, 1.165) is 52.1 Å². The molecule has 0 aromatic rings. The standard InChI is InChI=1S/C13H27N3O.2C2H6/c1-4-5-6-13(17)15(3)9-12-16-10-7-14(2)8-11-16;2*1-2/h4-12H2,1-3H3;2*1-2H3. The highest BCUT2D eigenvalue weighted by Gasteiger charge is 2.15. The Morgan fingerprint density at radius 2 is 1.57 bits per heavy atom. The van der Waals surface area contributed by atoms with Crippen molar-refractivity contribution in [3.05, 3.63) is 0 Å². The van der Waals surface area contributed by atoms with E-state index in [1.807, 2.05) is 39.6 Å². The Labute approximate surface area is 133 Å². The Morgan fingerprint density at radius 1 is 1.05 bits per heavy atom. The summed E-state index contributed by atoms with van der Waals surface area (Å²) in [5.74, 6) is 0.293. The van der Waals surface area contributed by atoms with Gasteiger partial charge in [-0.1, -0.05) is 41.0 Å². The van der Waals surface area contributed by atoms with Gasteiger partial charge in [-0.05, 0) is 13.5 Å². The Morgan fingerprint density at radius 3 is 2.05 bits per heavy atom. The smallest absolute Gasteiger partial charge is 0.222 e. The summed E-state index contributed by atoms with van der Waals surface area (Å²) in [5, 5.41) is 0. The minimum atomic E-state index is 0.293. The van der Waals surface area contributed by atoms with Crippen LogP contribution < -0.4 is 0 Å². The average Bonchev–Trinajstić information content (AvgIpc) is 2.55. The minimum absolute atomic E-state index is 0.293. The molecular formula is C17H39N3O. The van der Waals surface area contributed by atoms with Gasteiger partial charge in [0, 0.05) is 52.7 Å². The van der Waals surface area contributed by atoms with E-state index in [4.69, 9.17) is 0 Å². The zero-order valence-corrected chi connectivity index (χ0v) is 15.6. The number of piperazine rings is 1. The van der Waals surface area contributed by atoms with Crippen molar-refractivity contribution in [2.45, 2.75) is 53.9 Å². The van der Waals surface area contributed by atoms with E-state index in [0.29, 0.717) is 12.3 Å². The van der Waals surface area contributed by atoms with Gasteiger partial charge in [-0.15, -0.1) is 0 Å². The first-order valence-corrected chi connectivity index (χ1v) is 8.78. The summed E-state index contributed by atoms with van der Waals surface area (Å²) in [6.45, 7) is 16.6. The Kier molecular flexibility index (Phi) is 17.0. The van der Waals surface area contributed by atoms with Crippen LogP contribution in [0, 0.1) is 0 Å². The highest BCUT2D eigenvalue weighted by Crippen LogP contribution is 2.01. The predicted octanol–water partition coefficient (Wildman–Crippen LogP) is 2.93. The van der Waals surface area contributed by atoms with Crippen molar-refractivity contribution in [3.8, 4) is 0 Å². The molecule has 0 spiro atoms. The highest BCUT2D eigenvalue weighted by atomic mass is 16.2. The molecule has 0 aromatic carbocycles. The molecule has 1 heterocycles. The Balaban J connectivity index is 0. The van der Waals surface area contributed by atoms with E-state index in [1.165, 1.54) is 0 Å². The van der Waals surface area contributed by atoms with E-state index in [1.54, 1.807) is 0 Å². The predicted molar refractivity (Wildman–Crippen MR) is 93.8 cm³/mol. The van der Waals surface area contributed by atoms with Gasteiger partial charge in [-0.3, -0.25) is 9.69 Å². The summed E-state index contributed by atoms with van der Waals surface area (Å²) in [7, 11) is 4.09. The molecule has 1 rings (SSSR count). The zero-order chi connectivity index (χ0) is 16.7. The van der Waals surface area contributed by atoms with Crippen LogP contribution in [-0.2, 0) is 4.79 Å². The third-order valence-corrected chi connectivity index (χ3v) is 3.52. The van der Waals surface area contributed by atoms with Crippen LogP contribution in [-0.4, -0.2) is 74.0 Å². The van der Waals surface area contributed by atoms with Crippen molar-refractivity contribution in [2.75, 3.05) is 53.4 Å². The SMILES string of the molecule is CC.CC.CCCCC(=O)N(C)CCN1CCN(C)CC1. The maximum atomic E-state index is 11.7. The fourth-order valence-corrected chi connectivity index (χ4v) is 2.01. The van der Waals surface area contributed by atoms with Gasteiger partial charge < -0.3 is 9.80 Å². The van der Waals surface area contributed by atoms with E-state index >= 15 is 0 Å². The molecule has 0 bridgehead atoms. The molecule has 1 amide bonds. The maximum Gasteiger partial charge on any atom is 0.222 e. The Bertz CT molecular complexity index is 226. The number of carbonyl (C=O) groups excluding carboxylic acids is 1. The second kappa shape index (κ2) is 15.8. The fourth-order valence-electron chi connectivity index (χ4n) is 2.01. The van der Waals surface area contributed by atoms with Crippen LogP contribution in [0.15, 0.2) is 0 Å². The Hall–Kier alpha value is -0.610. The van der Waals surface area contributed by atoms with Crippen LogP contribution >= 0.6 is 0 Å². The molecule has 0 unspecified atom stereocenters. The molecule has 0 N–H and O–H groups in total. The van der Waals surface area contributed by atoms with Crippen LogP contribution in [0.2, 0.25) is 0 Å². The third kappa shape index (κ3) is 11.7. The molecule has 1 saturated heterocycles.